The van der Waals surface area contributed by atoms with E-state index in [-0.39, 0.29) is 13.0 Å². The average Bonchev–Trinajstić information content (AvgIpc) is 2.91. The lowest BCUT2D eigenvalue weighted by molar-refractivity contribution is -0.358. The maximum absolute atomic E-state index is 12.5. The van der Waals surface area contributed by atoms with E-state index < -0.39 is 43.0 Å². The highest BCUT2D eigenvalue weighted by atomic mass is 16.8. The second-order valence-electron chi connectivity index (χ2n) is 9.02. The lowest BCUT2D eigenvalue weighted by atomic mass is 9.97. The lowest BCUT2D eigenvalue weighted by Crippen LogP contribution is -2.63. The number of carbonyl (C=O) groups is 1. The third kappa shape index (κ3) is 8.62. The maximum atomic E-state index is 12.5. The van der Waals surface area contributed by atoms with E-state index >= 15 is 0 Å². The van der Waals surface area contributed by atoms with E-state index in [1.165, 1.54) is 32.8 Å². The van der Waals surface area contributed by atoms with Gasteiger partial charge in [0.25, 0.3) is 0 Å². The number of carbonyl (C=O) groups excluding carboxylic acids is 1. The molecule has 7 heteroatoms. The second-order valence-corrected chi connectivity index (χ2v) is 9.02. The van der Waals surface area contributed by atoms with Gasteiger partial charge in [-0.25, -0.2) is 0 Å². The van der Waals surface area contributed by atoms with Crippen LogP contribution in [0.1, 0.15) is 76.6 Å². The molecule has 2 aliphatic heterocycles. The third-order valence-electron chi connectivity index (χ3n) is 6.21. The second kappa shape index (κ2) is 15.7. The van der Waals surface area contributed by atoms with Crippen LogP contribution in [0.15, 0.2) is 30.3 Å². The van der Waals surface area contributed by atoms with E-state index in [4.69, 9.17) is 23.7 Å². The number of esters is 1. The smallest absolute Gasteiger partial charge is 0.306 e. The molecule has 2 heterocycles. The quantitative estimate of drug-likeness (QED) is 0.277. The molecule has 0 amide bonds. The molecular weight excluding hydrogens is 460 g/mol. The Hall–Kier alpha value is -2.39. The minimum atomic E-state index is -1.12. The Morgan fingerprint density at radius 2 is 1.75 bits per heavy atom. The molecule has 1 N–H and O–H groups in total. The molecule has 0 radical (unpaired) electrons. The van der Waals surface area contributed by atoms with Gasteiger partial charge in [0.15, 0.2) is 18.7 Å². The molecule has 2 aliphatic rings. The van der Waals surface area contributed by atoms with Crippen molar-refractivity contribution in [2.24, 2.45) is 0 Å². The van der Waals surface area contributed by atoms with Crippen LogP contribution >= 0.6 is 0 Å². The van der Waals surface area contributed by atoms with E-state index in [2.05, 4.69) is 30.6 Å². The van der Waals surface area contributed by atoms with Gasteiger partial charge in [-0.1, -0.05) is 74.8 Å². The van der Waals surface area contributed by atoms with Crippen LogP contribution in [0, 0.1) is 23.7 Å². The summed E-state index contributed by atoms with van der Waals surface area (Å²) in [5.41, 5.74) is 0.836. The highest BCUT2D eigenvalue weighted by molar-refractivity contribution is 5.69. The molecule has 0 aliphatic carbocycles. The molecule has 0 bridgehead atoms. The number of hydrogen-bond acceptors (Lipinski definition) is 7. The van der Waals surface area contributed by atoms with Gasteiger partial charge in [-0.15, -0.1) is 0 Å². The molecule has 3 rings (SSSR count). The Morgan fingerprint density at radius 3 is 2.47 bits per heavy atom. The van der Waals surface area contributed by atoms with Gasteiger partial charge in [0, 0.05) is 31.9 Å². The van der Waals surface area contributed by atoms with Crippen LogP contribution in [-0.4, -0.2) is 55.5 Å². The van der Waals surface area contributed by atoms with Gasteiger partial charge in [-0.2, -0.15) is 0 Å². The molecule has 6 atom stereocenters. The van der Waals surface area contributed by atoms with Crippen LogP contribution in [-0.2, 0) is 28.5 Å². The first kappa shape index (κ1) is 28.2. The first-order valence-electron chi connectivity index (χ1n) is 13.0. The molecule has 1 aromatic rings. The summed E-state index contributed by atoms with van der Waals surface area (Å²) in [7, 11) is 1.44. The van der Waals surface area contributed by atoms with Crippen molar-refractivity contribution in [1.82, 2.24) is 0 Å². The zero-order valence-corrected chi connectivity index (χ0v) is 21.3. The normalized spacial score (nSPS) is 27.1. The van der Waals surface area contributed by atoms with Crippen LogP contribution in [0.3, 0.4) is 0 Å². The predicted molar refractivity (Wildman–Crippen MR) is 134 cm³/mol. The SMILES string of the molecule is CCCCCCCC#CC#CCCCC(=O)O[C@H]1[C@@H](OC)O[C@@H]2COC(c3ccccc3)O[C@H]2[C@@H]1O. The molecule has 196 valence electrons. The van der Waals surface area contributed by atoms with E-state index in [0.29, 0.717) is 12.8 Å². The monoisotopic (exact) mass is 498 g/mol. The van der Waals surface area contributed by atoms with Crippen molar-refractivity contribution in [3.8, 4) is 23.7 Å². The maximum Gasteiger partial charge on any atom is 0.306 e. The van der Waals surface area contributed by atoms with Gasteiger partial charge in [0.1, 0.15) is 18.3 Å². The molecule has 1 aromatic carbocycles. The minimum absolute atomic E-state index is 0.171. The Bertz CT molecular complexity index is 910. The number of fused-ring (bicyclic) bond motifs is 1. The fourth-order valence-electron chi connectivity index (χ4n) is 4.22. The number of aliphatic hydroxyl groups is 1. The predicted octanol–water partition coefficient (Wildman–Crippen LogP) is 4.28. The van der Waals surface area contributed by atoms with Crippen LogP contribution < -0.4 is 0 Å². The van der Waals surface area contributed by atoms with Crippen molar-refractivity contribution in [1.29, 1.82) is 0 Å². The van der Waals surface area contributed by atoms with Crippen LogP contribution in [0.25, 0.3) is 0 Å². The van der Waals surface area contributed by atoms with E-state index in [9.17, 15) is 9.90 Å². The van der Waals surface area contributed by atoms with E-state index in [1.54, 1.807) is 0 Å². The molecule has 36 heavy (non-hydrogen) atoms. The summed E-state index contributed by atoms with van der Waals surface area (Å²) in [5, 5.41) is 11.0. The Kier molecular flexibility index (Phi) is 12.3. The first-order valence-corrected chi connectivity index (χ1v) is 13.0. The van der Waals surface area contributed by atoms with E-state index in [1.807, 2.05) is 30.3 Å². The number of ether oxygens (including phenoxy) is 5. The van der Waals surface area contributed by atoms with Gasteiger partial charge in [0.2, 0.25) is 0 Å². The minimum Gasteiger partial charge on any atom is -0.454 e. The van der Waals surface area contributed by atoms with Gasteiger partial charge in [0.05, 0.1) is 6.61 Å². The third-order valence-corrected chi connectivity index (χ3v) is 6.21. The molecule has 0 saturated carbocycles. The van der Waals surface area contributed by atoms with Gasteiger partial charge < -0.3 is 28.8 Å². The summed E-state index contributed by atoms with van der Waals surface area (Å²) in [6.07, 6.45) is 3.33. The summed E-state index contributed by atoms with van der Waals surface area (Å²) in [6, 6.07) is 9.46. The van der Waals surface area contributed by atoms with E-state index in [0.717, 1.165) is 18.4 Å². The van der Waals surface area contributed by atoms with Crippen molar-refractivity contribution < 1.29 is 33.6 Å². The molecule has 7 nitrogen and oxygen atoms in total. The number of benzene rings is 1. The van der Waals surface area contributed by atoms with Crippen molar-refractivity contribution in [2.45, 2.75) is 102 Å². The molecule has 0 aromatic heterocycles. The van der Waals surface area contributed by atoms with Crippen molar-refractivity contribution in [2.75, 3.05) is 13.7 Å². The van der Waals surface area contributed by atoms with Crippen molar-refractivity contribution in [3.63, 3.8) is 0 Å². The number of hydrogen-bond donors (Lipinski definition) is 1. The molecule has 2 saturated heterocycles. The van der Waals surface area contributed by atoms with Crippen molar-refractivity contribution in [3.05, 3.63) is 35.9 Å². The van der Waals surface area contributed by atoms with Gasteiger partial charge in [-0.05, 0) is 24.7 Å². The van der Waals surface area contributed by atoms with Crippen LogP contribution in [0.4, 0.5) is 0 Å². The van der Waals surface area contributed by atoms with Gasteiger partial charge in [-0.3, -0.25) is 4.79 Å². The molecule has 0 spiro atoms. The Labute approximate surface area is 214 Å². The van der Waals surface area contributed by atoms with Crippen LogP contribution in [0.5, 0.6) is 0 Å². The van der Waals surface area contributed by atoms with Gasteiger partial charge >= 0.3 is 5.97 Å². The van der Waals surface area contributed by atoms with Crippen LogP contribution in [0.2, 0.25) is 0 Å². The first-order chi connectivity index (χ1) is 17.6. The highest BCUT2D eigenvalue weighted by Crippen LogP contribution is 2.35. The molecule has 1 unspecified atom stereocenters. The number of methoxy groups -OCH3 is 1. The summed E-state index contributed by atoms with van der Waals surface area (Å²) in [5.74, 6) is 11.3. The standard InChI is InChI=1S/C29H38O7/c1-3-4-5-6-7-8-9-10-11-12-13-17-20-24(30)35-27-25(31)26-23(34-29(27)32-2)21-33-28(36-26)22-18-15-14-16-19-22/h14-16,18-19,23,25-29,31H,3-8,13,17,20-21H2,1-2H3/t23-,25+,26-,27-,28?,29+/m1/s1. The zero-order valence-electron chi connectivity index (χ0n) is 21.3. The lowest BCUT2D eigenvalue weighted by Gasteiger charge is -2.46. The average molecular weight is 499 g/mol. The Balaban J connectivity index is 1.42. The summed E-state index contributed by atoms with van der Waals surface area (Å²) < 4.78 is 28.6. The number of unbranched alkanes of at least 4 members (excludes halogenated alkanes) is 6. The largest absolute Gasteiger partial charge is 0.454 e. The topological polar surface area (TPSA) is 83.5 Å². The molecule has 2 fully saturated rings. The van der Waals surface area contributed by atoms with Crippen molar-refractivity contribution >= 4 is 5.97 Å². The number of rotatable bonds is 11. The number of aliphatic hydroxyl groups excluding tert-OH is 1. The Morgan fingerprint density at radius 1 is 1.03 bits per heavy atom. The summed E-state index contributed by atoms with van der Waals surface area (Å²) >= 11 is 0. The zero-order chi connectivity index (χ0) is 25.6. The summed E-state index contributed by atoms with van der Waals surface area (Å²) in [6.45, 7) is 2.43. The molecular formula is C29H38O7. The highest BCUT2D eigenvalue weighted by Gasteiger charge is 2.51. The summed E-state index contributed by atoms with van der Waals surface area (Å²) in [4.78, 5) is 12.5. The fraction of sp³-hybridized carbons (Fsp3) is 0.621. The fourth-order valence-corrected chi connectivity index (χ4v) is 4.22.